The Hall–Kier alpha value is -1.44. The first-order chi connectivity index (χ1) is 9.52. The highest BCUT2D eigenvalue weighted by molar-refractivity contribution is 7.93. The van der Waals surface area contributed by atoms with Gasteiger partial charge in [0.05, 0.1) is 17.2 Å². The molecule has 0 spiro atoms. The molecule has 7 heteroatoms. The summed E-state index contributed by atoms with van der Waals surface area (Å²) in [6.07, 6.45) is 0.575. The monoisotopic (exact) mass is 313 g/mol. The van der Waals surface area contributed by atoms with Crippen molar-refractivity contribution < 1.29 is 17.9 Å². The molecule has 1 aliphatic heterocycles. The number of benzene rings is 1. The quantitative estimate of drug-likeness (QED) is 0.944. The van der Waals surface area contributed by atoms with Crippen LogP contribution in [0.25, 0.3) is 0 Å². The highest BCUT2D eigenvalue weighted by Gasteiger charge is 2.31. The molecule has 0 saturated heterocycles. The summed E-state index contributed by atoms with van der Waals surface area (Å²) in [5.41, 5.74) is 1.23. The van der Waals surface area contributed by atoms with Crippen molar-refractivity contribution in [2.75, 3.05) is 10.8 Å². The molecule has 4 nitrogen and oxygen atoms in total. The maximum Gasteiger partial charge on any atom is 0.265 e. The molecule has 0 radical (unpaired) electrons. The third kappa shape index (κ3) is 2.11. The summed E-state index contributed by atoms with van der Waals surface area (Å²) in [6, 6.07) is 5.66. The first-order valence-electron chi connectivity index (χ1n) is 6.02. The molecule has 3 rings (SSSR count). The summed E-state index contributed by atoms with van der Waals surface area (Å²) >= 11 is 1.19. The van der Waals surface area contributed by atoms with Gasteiger partial charge in [-0.2, -0.15) is 0 Å². The minimum Gasteiger partial charge on any atom is -0.391 e. The molecule has 2 aromatic rings. The zero-order valence-corrected chi connectivity index (χ0v) is 12.0. The van der Waals surface area contributed by atoms with E-state index in [4.69, 9.17) is 5.11 Å². The molecule has 0 bridgehead atoms. The van der Waals surface area contributed by atoms with E-state index in [1.807, 2.05) is 0 Å². The predicted molar refractivity (Wildman–Crippen MR) is 74.9 cm³/mol. The van der Waals surface area contributed by atoms with Crippen LogP contribution < -0.4 is 4.31 Å². The largest absolute Gasteiger partial charge is 0.391 e. The Balaban J connectivity index is 2.04. The number of sulfonamides is 1. The van der Waals surface area contributed by atoms with Gasteiger partial charge in [-0.1, -0.05) is 6.07 Å². The molecule has 106 valence electrons. The van der Waals surface area contributed by atoms with Crippen LogP contribution >= 0.6 is 11.3 Å². The second kappa shape index (κ2) is 4.83. The Morgan fingerprint density at radius 1 is 1.35 bits per heavy atom. The normalized spacial score (nSPS) is 14.6. The van der Waals surface area contributed by atoms with Gasteiger partial charge in [-0.05, 0) is 30.2 Å². The summed E-state index contributed by atoms with van der Waals surface area (Å²) in [4.78, 5) is 0.728. The summed E-state index contributed by atoms with van der Waals surface area (Å²) in [5, 5.41) is 10.5. The number of anilines is 1. The highest BCUT2D eigenvalue weighted by atomic mass is 32.2. The zero-order valence-electron chi connectivity index (χ0n) is 10.4. The molecule has 0 amide bonds. The number of fused-ring (bicyclic) bond motifs is 1. The van der Waals surface area contributed by atoms with Gasteiger partial charge in [0.25, 0.3) is 10.0 Å². The standard InChI is InChI=1S/C13H12FNO3S2/c14-10-2-1-9-3-4-15(13(9)5-10)20(17,18)12-6-11(7-16)19-8-12/h1-2,5-6,8,16H,3-4,7H2. The Morgan fingerprint density at radius 2 is 2.15 bits per heavy atom. The molecule has 0 fully saturated rings. The topological polar surface area (TPSA) is 57.6 Å². The Morgan fingerprint density at radius 3 is 2.85 bits per heavy atom. The van der Waals surface area contributed by atoms with Crippen molar-refractivity contribution in [1.82, 2.24) is 0 Å². The second-order valence-corrected chi connectivity index (χ2v) is 7.37. The number of aliphatic hydroxyl groups excluding tert-OH is 1. The van der Waals surface area contributed by atoms with Crippen molar-refractivity contribution >= 4 is 27.0 Å². The van der Waals surface area contributed by atoms with E-state index in [1.54, 1.807) is 6.07 Å². The van der Waals surface area contributed by atoms with Gasteiger partial charge >= 0.3 is 0 Å². The van der Waals surface area contributed by atoms with Gasteiger partial charge in [-0.3, -0.25) is 4.31 Å². The fourth-order valence-electron chi connectivity index (χ4n) is 2.28. The van der Waals surface area contributed by atoms with Crippen molar-refractivity contribution in [2.45, 2.75) is 17.9 Å². The molecule has 20 heavy (non-hydrogen) atoms. The lowest BCUT2D eigenvalue weighted by Crippen LogP contribution is -2.28. The van der Waals surface area contributed by atoms with Crippen LogP contribution in [0.4, 0.5) is 10.1 Å². The van der Waals surface area contributed by atoms with Gasteiger partial charge < -0.3 is 5.11 Å². The zero-order chi connectivity index (χ0) is 14.3. The van der Waals surface area contributed by atoms with Crippen LogP contribution in [0.5, 0.6) is 0 Å². The van der Waals surface area contributed by atoms with E-state index < -0.39 is 15.8 Å². The number of nitrogens with zero attached hydrogens (tertiary/aromatic N) is 1. The average Bonchev–Trinajstić information content (AvgIpc) is 3.05. The number of rotatable bonds is 3. The summed E-state index contributed by atoms with van der Waals surface area (Å²) in [6.45, 7) is 0.122. The number of aliphatic hydroxyl groups is 1. The molecule has 1 aliphatic rings. The minimum absolute atomic E-state index is 0.142. The van der Waals surface area contributed by atoms with E-state index in [0.29, 0.717) is 23.5 Å². The van der Waals surface area contributed by atoms with Crippen LogP contribution in [0.15, 0.2) is 34.5 Å². The molecule has 0 atom stereocenters. The van der Waals surface area contributed by atoms with Crippen LogP contribution in [-0.2, 0) is 23.1 Å². The van der Waals surface area contributed by atoms with Gasteiger partial charge in [0, 0.05) is 16.8 Å². The Labute approximate surface area is 120 Å². The van der Waals surface area contributed by atoms with Crippen LogP contribution in [-0.4, -0.2) is 20.1 Å². The van der Waals surface area contributed by atoms with Crippen LogP contribution in [0.2, 0.25) is 0 Å². The SMILES string of the molecule is O=S(=O)(c1csc(CO)c1)N1CCc2ccc(F)cc21. The number of halogens is 1. The van der Waals surface area contributed by atoms with Crippen molar-refractivity contribution in [2.24, 2.45) is 0 Å². The van der Waals surface area contributed by atoms with E-state index in [0.717, 1.165) is 5.56 Å². The lowest BCUT2D eigenvalue weighted by atomic mass is 10.2. The Kier molecular flexibility index (Phi) is 3.27. The highest BCUT2D eigenvalue weighted by Crippen LogP contribution is 2.34. The third-order valence-electron chi connectivity index (χ3n) is 3.27. The molecule has 1 N–H and O–H groups in total. The predicted octanol–water partition coefficient (Wildman–Crippen LogP) is 2.13. The molecule has 2 heterocycles. The van der Waals surface area contributed by atoms with Gasteiger partial charge in [0.15, 0.2) is 0 Å². The first kappa shape index (κ1) is 13.5. The van der Waals surface area contributed by atoms with E-state index >= 15 is 0 Å². The van der Waals surface area contributed by atoms with Gasteiger partial charge in [0.2, 0.25) is 0 Å². The molecule has 0 aliphatic carbocycles. The molecular formula is C13H12FNO3S2. The number of hydrogen-bond donors (Lipinski definition) is 1. The first-order valence-corrected chi connectivity index (χ1v) is 8.34. The summed E-state index contributed by atoms with van der Waals surface area (Å²) in [7, 11) is -3.69. The van der Waals surface area contributed by atoms with Gasteiger partial charge in [-0.15, -0.1) is 11.3 Å². The summed E-state index contributed by atoms with van der Waals surface area (Å²) < 4.78 is 39.7. The lowest BCUT2D eigenvalue weighted by Gasteiger charge is -2.18. The molecule has 0 unspecified atom stereocenters. The van der Waals surface area contributed by atoms with Gasteiger partial charge in [0.1, 0.15) is 5.82 Å². The van der Waals surface area contributed by atoms with Gasteiger partial charge in [-0.25, -0.2) is 12.8 Å². The maximum absolute atomic E-state index is 13.3. The van der Waals surface area contributed by atoms with Crippen LogP contribution in [0, 0.1) is 5.82 Å². The second-order valence-electron chi connectivity index (χ2n) is 4.51. The molecule has 1 aromatic heterocycles. The van der Waals surface area contributed by atoms with Crippen LogP contribution in [0.3, 0.4) is 0 Å². The maximum atomic E-state index is 13.3. The van der Waals surface area contributed by atoms with E-state index in [1.165, 1.54) is 39.2 Å². The van der Waals surface area contributed by atoms with E-state index in [-0.39, 0.29) is 11.5 Å². The molecule has 1 aromatic carbocycles. The van der Waals surface area contributed by atoms with Crippen molar-refractivity contribution in [3.63, 3.8) is 0 Å². The van der Waals surface area contributed by atoms with E-state index in [2.05, 4.69) is 0 Å². The molecular weight excluding hydrogens is 301 g/mol. The Bertz CT molecular complexity index is 755. The lowest BCUT2D eigenvalue weighted by molar-refractivity contribution is 0.285. The third-order valence-corrected chi connectivity index (χ3v) is 6.14. The minimum atomic E-state index is -3.69. The van der Waals surface area contributed by atoms with E-state index in [9.17, 15) is 12.8 Å². The smallest absolute Gasteiger partial charge is 0.265 e. The number of thiophene rings is 1. The number of hydrogen-bond acceptors (Lipinski definition) is 4. The van der Waals surface area contributed by atoms with Crippen molar-refractivity contribution in [3.05, 3.63) is 45.9 Å². The molecule has 0 saturated carbocycles. The summed E-state index contributed by atoms with van der Waals surface area (Å²) in [5.74, 6) is -0.452. The van der Waals surface area contributed by atoms with Crippen LogP contribution in [0.1, 0.15) is 10.4 Å². The van der Waals surface area contributed by atoms with Crippen molar-refractivity contribution in [1.29, 1.82) is 0 Å². The van der Waals surface area contributed by atoms with Crippen molar-refractivity contribution in [3.8, 4) is 0 Å². The fraction of sp³-hybridized carbons (Fsp3) is 0.231. The fourth-order valence-corrected chi connectivity index (χ4v) is 4.90. The average molecular weight is 313 g/mol.